The first-order valence-electron chi connectivity index (χ1n) is 6.69. The lowest BCUT2D eigenvalue weighted by atomic mass is 10.2. The Morgan fingerprint density at radius 2 is 2.10 bits per heavy atom. The van der Waals surface area contributed by atoms with Crippen molar-refractivity contribution in [1.29, 1.82) is 0 Å². The molecule has 8 heteroatoms. The summed E-state index contributed by atoms with van der Waals surface area (Å²) >= 11 is 5.96. The fourth-order valence-corrected chi connectivity index (χ4v) is 2.45. The number of hydrogen-bond acceptors (Lipinski definition) is 5. The molecule has 0 atom stereocenters. The Morgan fingerprint density at radius 3 is 2.71 bits per heavy atom. The van der Waals surface area contributed by atoms with Gasteiger partial charge in [0.1, 0.15) is 15.7 Å². The third-order valence-corrected chi connectivity index (χ3v) is 3.96. The van der Waals surface area contributed by atoms with Crippen LogP contribution in [0.3, 0.4) is 0 Å². The standard InChI is InChI=1S/C13H20ClN3O3S/c1-3-5-15-12-8-10(11(14)9-17-12)13(18)16-6-4-7-21(2,19)20/h8-9H,3-7H2,1-2H3,(H,15,17)(H,16,18). The van der Waals surface area contributed by atoms with Crippen molar-refractivity contribution >= 4 is 33.2 Å². The van der Waals surface area contributed by atoms with Gasteiger partial charge in [-0.3, -0.25) is 4.79 Å². The van der Waals surface area contributed by atoms with Gasteiger partial charge in [-0.2, -0.15) is 0 Å². The summed E-state index contributed by atoms with van der Waals surface area (Å²) in [6.07, 6.45) is 3.90. The summed E-state index contributed by atoms with van der Waals surface area (Å²) < 4.78 is 22.0. The number of aromatic nitrogens is 1. The molecule has 0 spiro atoms. The van der Waals surface area contributed by atoms with E-state index in [1.54, 1.807) is 6.07 Å². The van der Waals surface area contributed by atoms with Gasteiger partial charge >= 0.3 is 0 Å². The van der Waals surface area contributed by atoms with Crippen molar-refractivity contribution in [1.82, 2.24) is 10.3 Å². The Bertz CT molecular complexity index is 590. The Labute approximate surface area is 130 Å². The summed E-state index contributed by atoms with van der Waals surface area (Å²) in [6, 6.07) is 1.59. The summed E-state index contributed by atoms with van der Waals surface area (Å²) in [6.45, 7) is 3.06. The zero-order valence-electron chi connectivity index (χ0n) is 12.1. The molecule has 2 N–H and O–H groups in total. The molecular formula is C13H20ClN3O3S. The largest absolute Gasteiger partial charge is 0.370 e. The minimum atomic E-state index is -3.01. The van der Waals surface area contributed by atoms with Gasteiger partial charge < -0.3 is 10.6 Å². The van der Waals surface area contributed by atoms with Crippen molar-refractivity contribution in [2.75, 3.05) is 30.4 Å². The highest BCUT2D eigenvalue weighted by molar-refractivity contribution is 7.90. The van der Waals surface area contributed by atoms with Gasteiger partial charge in [0.25, 0.3) is 5.91 Å². The van der Waals surface area contributed by atoms with Crippen molar-refractivity contribution in [3.8, 4) is 0 Å². The SMILES string of the molecule is CCCNc1cc(C(=O)NCCCS(C)(=O)=O)c(Cl)cn1. The molecule has 0 aliphatic rings. The lowest BCUT2D eigenvalue weighted by molar-refractivity contribution is 0.0954. The molecule has 1 amide bonds. The number of pyridine rings is 1. The molecule has 0 saturated carbocycles. The molecule has 118 valence electrons. The third-order valence-electron chi connectivity index (χ3n) is 2.63. The van der Waals surface area contributed by atoms with E-state index in [4.69, 9.17) is 11.6 Å². The number of halogens is 1. The molecule has 0 aliphatic heterocycles. The number of hydrogen-bond donors (Lipinski definition) is 2. The first kappa shape index (κ1) is 17.7. The Kier molecular flexibility index (Phi) is 6.91. The molecule has 6 nitrogen and oxygen atoms in total. The molecular weight excluding hydrogens is 314 g/mol. The van der Waals surface area contributed by atoms with E-state index >= 15 is 0 Å². The molecule has 1 rings (SSSR count). The van der Waals surface area contributed by atoms with Crippen LogP contribution < -0.4 is 10.6 Å². The van der Waals surface area contributed by atoms with Gasteiger partial charge in [-0.1, -0.05) is 18.5 Å². The highest BCUT2D eigenvalue weighted by Gasteiger charge is 2.12. The predicted molar refractivity (Wildman–Crippen MR) is 84.7 cm³/mol. The number of carbonyl (C=O) groups is 1. The van der Waals surface area contributed by atoms with Crippen molar-refractivity contribution < 1.29 is 13.2 Å². The van der Waals surface area contributed by atoms with E-state index in [-0.39, 0.29) is 23.2 Å². The van der Waals surface area contributed by atoms with Gasteiger partial charge in [-0.15, -0.1) is 0 Å². The molecule has 0 saturated heterocycles. The molecule has 1 heterocycles. The monoisotopic (exact) mass is 333 g/mol. The highest BCUT2D eigenvalue weighted by Crippen LogP contribution is 2.17. The molecule has 1 aromatic rings. The summed E-state index contributed by atoms with van der Waals surface area (Å²) in [5.74, 6) is 0.290. The Morgan fingerprint density at radius 1 is 1.38 bits per heavy atom. The predicted octanol–water partition coefficient (Wildman–Crippen LogP) is 1.72. The Balaban J connectivity index is 2.60. The van der Waals surface area contributed by atoms with Crippen LogP contribution in [0.2, 0.25) is 5.02 Å². The maximum Gasteiger partial charge on any atom is 0.252 e. The smallest absolute Gasteiger partial charge is 0.252 e. The molecule has 1 aromatic heterocycles. The number of sulfone groups is 1. The zero-order valence-corrected chi connectivity index (χ0v) is 13.7. The van der Waals surface area contributed by atoms with E-state index in [1.807, 2.05) is 6.92 Å². The number of nitrogens with one attached hydrogen (secondary N) is 2. The van der Waals surface area contributed by atoms with E-state index in [0.29, 0.717) is 17.8 Å². The van der Waals surface area contributed by atoms with Gasteiger partial charge in [0.05, 0.1) is 16.3 Å². The van der Waals surface area contributed by atoms with Crippen LogP contribution >= 0.6 is 11.6 Å². The Hall–Kier alpha value is -1.34. The molecule has 0 aromatic carbocycles. The van der Waals surface area contributed by atoms with Crippen molar-refractivity contribution in [3.63, 3.8) is 0 Å². The molecule has 0 fully saturated rings. The second-order valence-electron chi connectivity index (χ2n) is 4.72. The van der Waals surface area contributed by atoms with E-state index in [0.717, 1.165) is 13.0 Å². The number of amides is 1. The van der Waals surface area contributed by atoms with E-state index < -0.39 is 9.84 Å². The van der Waals surface area contributed by atoms with Crippen LogP contribution in [0, 0.1) is 0 Å². The average molecular weight is 334 g/mol. The molecule has 21 heavy (non-hydrogen) atoms. The van der Waals surface area contributed by atoms with E-state index in [9.17, 15) is 13.2 Å². The number of rotatable bonds is 8. The number of carbonyl (C=O) groups excluding carboxylic acids is 1. The van der Waals surface area contributed by atoms with Crippen LogP contribution in [-0.4, -0.2) is 44.4 Å². The number of nitrogens with zero attached hydrogens (tertiary/aromatic N) is 1. The summed E-state index contributed by atoms with van der Waals surface area (Å²) in [4.78, 5) is 16.1. The first-order valence-corrected chi connectivity index (χ1v) is 9.12. The topological polar surface area (TPSA) is 88.2 Å². The molecule has 0 aliphatic carbocycles. The molecule has 0 radical (unpaired) electrons. The quantitative estimate of drug-likeness (QED) is 0.707. The fraction of sp³-hybridized carbons (Fsp3) is 0.538. The van der Waals surface area contributed by atoms with Gasteiger partial charge in [0.2, 0.25) is 0 Å². The zero-order chi connectivity index (χ0) is 15.9. The molecule has 0 unspecified atom stereocenters. The van der Waals surface area contributed by atoms with Crippen LogP contribution in [0.1, 0.15) is 30.1 Å². The van der Waals surface area contributed by atoms with E-state index in [2.05, 4.69) is 15.6 Å². The van der Waals surface area contributed by atoms with Crippen molar-refractivity contribution in [3.05, 3.63) is 22.8 Å². The summed E-state index contributed by atoms with van der Waals surface area (Å²) in [5.41, 5.74) is 0.324. The van der Waals surface area contributed by atoms with Crippen LogP contribution in [0.25, 0.3) is 0 Å². The minimum absolute atomic E-state index is 0.0423. The second kappa shape index (κ2) is 8.19. The summed E-state index contributed by atoms with van der Waals surface area (Å²) in [5, 5.41) is 5.99. The highest BCUT2D eigenvalue weighted by atomic mass is 35.5. The van der Waals surface area contributed by atoms with Gasteiger partial charge in [-0.25, -0.2) is 13.4 Å². The number of anilines is 1. The summed E-state index contributed by atoms with van der Waals surface area (Å²) in [7, 11) is -3.01. The maximum atomic E-state index is 12.0. The van der Waals surface area contributed by atoms with Crippen molar-refractivity contribution in [2.45, 2.75) is 19.8 Å². The van der Waals surface area contributed by atoms with Crippen LogP contribution in [0.4, 0.5) is 5.82 Å². The fourth-order valence-electron chi connectivity index (χ4n) is 1.59. The first-order chi connectivity index (χ1) is 9.83. The van der Waals surface area contributed by atoms with Crippen LogP contribution in [0.5, 0.6) is 0 Å². The van der Waals surface area contributed by atoms with Gasteiger partial charge in [-0.05, 0) is 18.9 Å². The van der Waals surface area contributed by atoms with Crippen LogP contribution in [0.15, 0.2) is 12.3 Å². The van der Waals surface area contributed by atoms with Gasteiger partial charge in [0, 0.05) is 25.5 Å². The molecule has 0 bridgehead atoms. The normalized spacial score (nSPS) is 11.2. The van der Waals surface area contributed by atoms with Crippen LogP contribution in [-0.2, 0) is 9.84 Å². The minimum Gasteiger partial charge on any atom is -0.370 e. The van der Waals surface area contributed by atoms with Crippen molar-refractivity contribution in [2.24, 2.45) is 0 Å². The lowest BCUT2D eigenvalue weighted by Crippen LogP contribution is -2.26. The average Bonchev–Trinajstić information content (AvgIpc) is 2.41. The maximum absolute atomic E-state index is 12.0. The third kappa shape index (κ3) is 6.77. The van der Waals surface area contributed by atoms with E-state index in [1.165, 1.54) is 12.5 Å². The van der Waals surface area contributed by atoms with Gasteiger partial charge in [0.15, 0.2) is 0 Å². The lowest BCUT2D eigenvalue weighted by Gasteiger charge is -2.09. The second-order valence-corrected chi connectivity index (χ2v) is 7.38.